The molecule has 0 radical (unpaired) electrons. The summed E-state index contributed by atoms with van der Waals surface area (Å²) >= 11 is 0. The summed E-state index contributed by atoms with van der Waals surface area (Å²) in [5.74, 6) is 0. The van der Waals surface area contributed by atoms with E-state index < -0.39 is 0 Å². The third-order valence-corrected chi connectivity index (χ3v) is 4.58. The van der Waals surface area contributed by atoms with Crippen LogP contribution in [0.25, 0.3) is 0 Å². The Morgan fingerprint density at radius 2 is 2.06 bits per heavy atom. The van der Waals surface area contributed by atoms with E-state index in [1.165, 1.54) is 12.8 Å². The van der Waals surface area contributed by atoms with Crippen LogP contribution in [0, 0.1) is 0 Å². The van der Waals surface area contributed by atoms with Crippen LogP contribution in [0.4, 0.5) is 0 Å². The highest BCUT2D eigenvalue weighted by molar-refractivity contribution is 4.96. The lowest BCUT2D eigenvalue weighted by atomic mass is 9.88. The van der Waals surface area contributed by atoms with Crippen LogP contribution >= 0.6 is 0 Å². The van der Waals surface area contributed by atoms with E-state index in [2.05, 4.69) is 31.0 Å². The van der Waals surface area contributed by atoms with Gasteiger partial charge in [-0.15, -0.1) is 0 Å². The summed E-state index contributed by atoms with van der Waals surface area (Å²) in [7, 11) is 0. The van der Waals surface area contributed by atoms with Gasteiger partial charge in [-0.3, -0.25) is 4.90 Å². The first kappa shape index (κ1) is 14.3. The quantitative estimate of drug-likeness (QED) is 0.821. The lowest BCUT2D eigenvalue weighted by Gasteiger charge is -2.47. The zero-order valence-corrected chi connectivity index (χ0v) is 12.1. The highest BCUT2D eigenvalue weighted by Crippen LogP contribution is 2.23. The van der Waals surface area contributed by atoms with Gasteiger partial charge in [0.15, 0.2) is 0 Å². The number of nitrogens with one attached hydrogen (secondary N) is 1. The van der Waals surface area contributed by atoms with E-state index in [0.29, 0.717) is 11.6 Å². The van der Waals surface area contributed by atoms with Crippen molar-refractivity contribution in [3.63, 3.8) is 0 Å². The summed E-state index contributed by atoms with van der Waals surface area (Å²) in [5, 5.41) is 3.74. The Morgan fingerprint density at radius 1 is 1.28 bits per heavy atom. The van der Waals surface area contributed by atoms with E-state index in [-0.39, 0.29) is 6.10 Å². The number of piperazine rings is 1. The van der Waals surface area contributed by atoms with Crippen LogP contribution in [0.5, 0.6) is 0 Å². The standard InChI is InChI=1S/C14H28N2O2/c1-4-14(5-2)11-16(12(3)8-15-14)9-13-10-17-6-7-18-13/h12-13,15H,4-11H2,1-3H3. The van der Waals surface area contributed by atoms with Crippen LogP contribution in [-0.2, 0) is 9.47 Å². The Labute approximate surface area is 111 Å². The number of ether oxygens (including phenoxy) is 2. The molecule has 2 atom stereocenters. The normalized spacial score (nSPS) is 33.5. The molecule has 0 bridgehead atoms. The summed E-state index contributed by atoms with van der Waals surface area (Å²) in [6, 6.07) is 0.585. The summed E-state index contributed by atoms with van der Waals surface area (Å²) < 4.78 is 11.3. The van der Waals surface area contributed by atoms with Gasteiger partial charge in [0.05, 0.1) is 25.9 Å². The molecule has 2 heterocycles. The predicted octanol–water partition coefficient (Wildman–Crippen LogP) is 1.25. The molecule has 0 saturated carbocycles. The van der Waals surface area contributed by atoms with Crippen molar-refractivity contribution in [2.24, 2.45) is 0 Å². The largest absolute Gasteiger partial charge is 0.376 e. The number of nitrogens with zero attached hydrogens (tertiary/aromatic N) is 1. The smallest absolute Gasteiger partial charge is 0.0936 e. The summed E-state index contributed by atoms with van der Waals surface area (Å²) in [5.41, 5.74) is 0.294. The zero-order chi connectivity index (χ0) is 13.0. The predicted molar refractivity (Wildman–Crippen MR) is 72.9 cm³/mol. The van der Waals surface area contributed by atoms with Crippen LogP contribution in [0.3, 0.4) is 0 Å². The molecule has 4 nitrogen and oxygen atoms in total. The van der Waals surface area contributed by atoms with Crippen molar-refractivity contribution in [1.82, 2.24) is 10.2 Å². The van der Waals surface area contributed by atoms with E-state index in [4.69, 9.17) is 9.47 Å². The van der Waals surface area contributed by atoms with E-state index >= 15 is 0 Å². The van der Waals surface area contributed by atoms with Crippen LogP contribution in [0.2, 0.25) is 0 Å². The van der Waals surface area contributed by atoms with Gasteiger partial charge < -0.3 is 14.8 Å². The van der Waals surface area contributed by atoms with Crippen LogP contribution in [0.15, 0.2) is 0 Å². The van der Waals surface area contributed by atoms with Gasteiger partial charge in [0, 0.05) is 31.2 Å². The maximum atomic E-state index is 5.78. The van der Waals surface area contributed by atoms with Gasteiger partial charge in [-0.2, -0.15) is 0 Å². The van der Waals surface area contributed by atoms with Crippen molar-refractivity contribution < 1.29 is 9.47 Å². The fraction of sp³-hybridized carbons (Fsp3) is 1.00. The first-order valence-corrected chi connectivity index (χ1v) is 7.37. The van der Waals surface area contributed by atoms with Crippen molar-refractivity contribution in [2.75, 3.05) is 39.5 Å². The summed E-state index contributed by atoms with van der Waals surface area (Å²) in [4.78, 5) is 2.57. The van der Waals surface area contributed by atoms with Crippen LogP contribution < -0.4 is 5.32 Å². The van der Waals surface area contributed by atoms with Gasteiger partial charge in [-0.25, -0.2) is 0 Å². The second kappa shape index (κ2) is 6.33. The average molecular weight is 256 g/mol. The first-order chi connectivity index (χ1) is 8.69. The molecule has 2 aliphatic rings. The van der Waals surface area contributed by atoms with Gasteiger partial charge in [0.1, 0.15) is 0 Å². The highest BCUT2D eigenvalue weighted by atomic mass is 16.6. The molecular formula is C14H28N2O2. The van der Waals surface area contributed by atoms with Crippen LogP contribution in [0.1, 0.15) is 33.6 Å². The molecule has 2 aliphatic heterocycles. The fourth-order valence-electron chi connectivity index (χ4n) is 2.97. The molecule has 0 spiro atoms. The van der Waals surface area contributed by atoms with E-state index in [9.17, 15) is 0 Å². The van der Waals surface area contributed by atoms with Gasteiger partial charge >= 0.3 is 0 Å². The highest BCUT2D eigenvalue weighted by Gasteiger charge is 2.36. The molecule has 18 heavy (non-hydrogen) atoms. The minimum atomic E-state index is 0.255. The lowest BCUT2D eigenvalue weighted by molar-refractivity contribution is -0.105. The first-order valence-electron chi connectivity index (χ1n) is 7.37. The van der Waals surface area contributed by atoms with Crippen molar-refractivity contribution in [2.45, 2.75) is 51.3 Å². The zero-order valence-electron chi connectivity index (χ0n) is 12.1. The summed E-state index contributed by atoms with van der Waals surface area (Å²) in [6.45, 7) is 12.3. The molecule has 0 aromatic heterocycles. The van der Waals surface area contributed by atoms with Crippen molar-refractivity contribution in [3.8, 4) is 0 Å². The monoisotopic (exact) mass is 256 g/mol. The second-order valence-electron chi connectivity index (χ2n) is 5.71. The molecule has 0 amide bonds. The van der Waals surface area contributed by atoms with E-state index in [1.807, 2.05) is 0 Å². The molecule has 106 valence electrons. The Morgan fingerprint density at radius 3 is 2.67 bits per heavy atom. The SMILES string of the molecule is CCC1(CC)CN(CC2COCCO2)C(C)CN1. The molecule has 2 saturated heterocycles. The van der Waals surface area contributed by atoms with E-state index in [0.717, 1.165) is 39.5 Å². The Kier molecular flexibility index (Phi) is 5.01. The second-order valence-corrected chi connectivity index (χ2v) is 5.71. The minimum Gasteiger partial charge on any atom is -0.376 e. The lowest BCUT2D eigenvalue weighted by Crippen LogP contribution is -2.64. The third kappa shape index (κ3) is 3.23. The number of hydrogen-bond acceptors (Lipinski definition) is 4. The van der Waals surface area contributed by atoms with Gasteiger partial charge in [0.2, 0.25) is 0 Å². The maximum Gasteiger partial charge on any atom is 0.0936 e. The molecule has 2 fully saturated rings. The maximum absolute atomic E-state index is 5.78. The molecule has 0 aliphatic carbocycles. The minimum absolute atomic E-state index is 0.255. The topological polar surface area (TPSA) is 33.7 Å². The molecule has 2 rings (SSSR count). The Balaban J connectivity index is 1.92. The molecule has 0 aromatic rings. The molecule has 0 aromatic carbocycles. The fourth-order valence-corrected chi connectivity index (χ4v) is 2.97. The molecule has 4 heteroatoms. The third-order valence-electron chi connectivity index (χ3n) is 4.58. The van der Waals surface area contributed by atoms with E-state index in [1.54, 1.807) is 0 Å². The van der Waals surface area contributed by atoms with Crippen LogP contribution in [-0.4, -0.2) is 62.0 Å². The Hall–Kier alpha value is -0.160. The molecule has 2 unspecified atom stereocenters. The van der Waals surface area contributed by atoms with Crippen molar-refractivity contribution in [3.05, 3.63) is 0 Å². The Bertz CT molecular complexity index is 250. The van der Waals surface area contributed by atoms with Gasteiger partial charge in [-0.05, 0) is 19.8 Å². The van der Waals surface area contributed by atoms with Crippen molar-refractivity contribution in [1.29, 1.82) is 0 Å². The number of rotatable bonds is 4. The molecular weight excluding hydrogens is 228 g/mol. The molecule has 1 N–H and O–H groups in total. The summed E-state index contributed by atoms with van der Waals surface area (Å²) in [6.07, 6.45) is 2.63. The van der Waals surface area contributed by atoms with Crippen molar-refractivity contribution >= 4 is 0 Å². The van der Waals surface area contributed by atoms with Gasteiger partial charge in [0.25, 0.3) is 0 Å². The average Bonchev–Trinajstić information content (AvgIpc) is 2.43. The number of hydrogen-bond donors (Lipinski definition) is 1. The van der Waals surface area contributed by atoms with Gasteiger partial charge in [-0.1, -0.05) is 13.8 Å².